The van der Waals surface area contributed by atoms with Crippen molar-refractivity contribution < 1.29 is 14.3 Å². The fourth-order valence-corrected chi connectivity index (χ4v) is 1.47. The van der Waals surface area contributed by atoms with Crippen molar-refractivity contribution >= 4 is 5.91 Å². The van der Waals surface area contributed by atoms with Gasteiger partial charge in [-0.05, 0) is 13.1 Å². The Bertz CT molecular complexity index is 469. The molecule has 102 valence electrons. The first-order chi connectivity index (χ1) is 9.21. The van der Waals surface area contributed by atoms with E-state index < -0.39 is 0 Å². The predicted molar refractivity (Wildman–Crippen MR) is 69.9 cm³/mol. The highest BCUT2D eigenvalue weighted by atomic mass is 16.5. The van der Waals surface area contributed by atoms with Crippen LogP contribution in [0, 0.1) is 11.3 Å². The van der Waals surface area contributed by atoms with Gasteiger partial charge in [-0.1, -0.05) is 6.07 Å². The fourth-order valence-electron chi connectivity index (χ4n) is 1.47. The third-order valence-corrected chi connectivity index (χ3v) is 2.36. The molecule has 0 spiro atoms. The summed E-state index contributed by atoms with van der Waals surface area (Å²) in [5, 5.41) is 13.8. The Morgan fingerprint density at radius 1 is 1.47 bits per heavy atom. The van der Waals surface area contributed by atoms with E-state index in [1.807, 2.05) is 25.2 Å². The Labute approximate surface area is 112 Å². The van der Waals surface area contributed by atoms with E-state index in [-0.39, 0.29) is 19.1 Å². The normalized spacial score (nSPS) is 9.53. The molecule has 2 N–H and O–H groups in total. The molecule has 0 radical (unpaired) electrons. The van der Waals surface area contributed by atoms with Crippen LogP contribution in [0.1, 0.15) is 5.56 Å². The molecule has 19 heavy (non-hydrogen) atoms. The predicted octanol–water partition coefficient (Wildman–Crippen LogP) is 0.433. The minimum atomic E-state index is -0.334. The van der Waals surface area contributed by atoms with Crippen LogP contribution in [-0.2, 0) is 11.3 Å². The number of nitrogens with one attached hydrogen (secondary N) is 2. The lowest BCUT2D eigenvalue weighted by Crippen LogP contribution is -2.29. The molecule has 0 aliphatic heterocycles. The number of ether oxygens (including phenoxy) is 2. The number of rotatable bonds is 7. The van der Waals surface area contributed by atoms with Crippen LogP contribution in [0.3, 0.4) is 0 Å². The summed E-state index contributed by atoms with van der Waals surface area (Å²) in [7, 11) is 3.39. The number of nitrogens with zero attached hydrogens (tertiary/aromatic N) is 1. The lowest BCUT2D eigenvalue weighted by Gasteiger charge is -2.12. The van der Waals surface area contributed by atoms with Crippen LogP contribution >= 0.6 is 0 Å². The van der Waals surface area contributed by atoms with E-state index >= 15 is 0 Å². The van der Waals surface area contributed by atoms with E-state index in [1.54, 1.807) is 13.2 Å². The summed E-state index contributed by atoms with van der Waals surface area (Å²) >= 11 is 0. The van der Waals surface area contributed by atoms with Gasteiger partial charge in [0.15, 0.2) is 6.61 Å². The topological polar surface area (TPSA) is 83.4 Å². The summed E-state index contributed by atoms with van der Waals surface area (Å²) in [5.74, 6) is 0.910. The molecule has 6 nitrogen and oxygen atoms in total. The number of amides is 1. The zero-order chi connectivity index (χ0) is 14.1. The molecule has 0 heterocycles. The Morgan fingerprint density at radius 2 is 2.26 bits per heavy atom. The van der Waals surface area contributed by atoms with Crippen LogP contribution in [0.15, 0.2) is 18.2 Å². The summed E-state index contributed by atoms with van der Waals surface area (Å²) in [6.07, 6.45) is 0. The van der Waals surface area contributed by atoms with Gasteiger partial charge >= 0.3 is 0 Å². The van der Waals surface area contributed by atoms with Crippen LogP contribution in [0.4, 0.5) is 0 Å². The van der Waals surface area contributed by atoms with Crippen molar-refractivity contribution in [1.82, 2.24) is 10.6 Å². The summed E-state index contributed by atoms with van der Waals surface area (Å²) in [6.45, 7) is 0.467. The summed E-state index contributed by atoms with van der Waals surface area (Å²) < 4.78 is 10.6. The number of hydrogen-bond donors (Lipinski definition) is 2. The van der Waals surface area contributed by atoms with Crippen LogP contribution < -0.4 is 20.1 Å². The Kier molecular flexibility index (Phi) is 6.19. The van der Waals surface area contributed by atoms with Crippen LogP contribution in [0.25, 0.3) is 0 Å². The van der Waals surface area contributed by atoms with Crippen molar-refractivity contribution in [3.8, 4) is 17.6 Å². The molecule has 0 unspecified atom stereocenters. The van der Waals surface area contributed by atoms with Gasteiger partial charge in [-0.3, -0.25) is 4.79 Å². The Morgan fingerprint density at radius 3 is 2.89 bits per heavy atom. The summed E-state index contributed by atoms with van der Waals surface area (Å²) in [6, 6.07) is 7.26. The highest BCUT2D eigenvalue weighted by Crippen LogP contribution is 2.24. The molecule has 0 saturated carbocycles. The monoisotopic (exact) mass is 263 g/mol. The summed E-state index contributed by atoms with van der Waals surface area (Å²) in [5.41, 5.74) is 0.927. The van der Waals surface area contributed by atoms with Gasteiger partial charge in [-0.25, -0.2) is 0 Å². The van der Waals surface area contributed by atoms with E-state index in [4.69, 9.17) is 14.7 Å². The second-order valence-electron chi connectivity index (χ2n) is 3.73. The molecular formula is C13H17N3O3. The number of hydrogen-bond acceptors (Lipinski definition) is 5. The van der Waals surface area contributed by atoms with Crippen LogP contribution in [-0.4, -0.2) is 33.2 Å². The van der Waals surface area contributed by atoms with E-state index in [2.05, 4.69) is 10.6 Å². The van der Waals surface area contributed by atoms with Gasteiger partial charge in [-0.2, -0.15) is 5.26 Å². The molecule has 0 aliphatic carbocycles. The average molecular weight is 263 g/mol. The quantitative estimate of drug-likeness (QED) is 0.697. The number of carbonyl (C=O) groups excluding carboxylic acids is 1. The SMILES string of the molecule is CNCc1ccc(OC)cc1OCC(=O)NCC#N. The minimum absolute atomic E-state index is 0.0241. The second kappa shape index (κ2) is 7.95. The van der Waals surface area contributed by atoms with E-state index in [1.165, 1.54) is 0 Å². The van der Waals surface area contributed by atoms with Crippen LogP contribution in [0.5, 0.6) is 11.5 Å². The van der Waals surface area contributed by atoms with E-state index in [0.717, 1.165) is 5.56 Å². The van der Waals surface area contributed by atoms with Crippen molar-refractivity contribution in [2.45, 2.75) is 6.54 Å². The molecule has 6 heteroatoms. The Hall–Kier alpha value is -2.26. The average Bonchev–Trinajstić information content (AvgIpc) is 2.44. The zero-order valence-electron chi connectivity index (χ0n) is 11.0. The second-order valence-corrected chi connectivity index (χ2v) is 3.73. The molecule has 0 atom stereocenters. The third kappa shape index (κ3) is 4.85. The standard InChI is InChI=1S/C13H17N3O3/c1-15-8-10-3-4-11(18-2)7-12(10)19-9-13(17)16-6-5-14/h3-4,7,15H,6,8-9H2,1-2H3,(H,16,17). The molecule has 1 aromatic carbocycles. The molecule has 1 aromatic rings. The van der Waals surface area contributed by atoms with Gasteiger partial charge in [0.25, 0.3) is 5.91 Å². The highest BCUT2D eigenvalue weighted by Gasteiger charge is 2.08. The van der Waals surface area contributed by atoms with Gasteiger partial charge in [0, 0.05) is 18.2 Å². The van der Waals surface area contributed by atoms with Crippen molar-refractivity contribution in [3.05, 3.63) is 23.8 Å². The maximum absolute atomic E-state index is 11.4. The minimum Gasteiger partial charge on any atom is -0.497 e. The van der Waals surface area contributed by atoms with E-state index in [9.17, 15) is 4.79 Å². The van der Waals surface area contributed by atoms with Gasteiger partial charge in [0.1, 0.15) is 18.0 Å². The van der Waals surface area contributed by atoms with Gasteiger partial charge in [0.05, 0.1) is 13.2 Å². The first-order valence-corrected chi connectivity index (χ1v) is 5.79. The molecule has 0 aliphatic rings. The molecule has 1 rings (SSSR count). The lowest BCUT2D eigenvalue weighted by molar-refractivity contribution is -0.122. The molecule has 0 aromatic heterocycles. The largest absolute Gasteiger partial charge is 0.497 e. The third-order valence-electron chi connectivity index (χ3n) is 2.36. The molecular weight excluding hydrogens is 246 g/mol. The van der Waals surface area contributed by atoms with Gasteiger partial charge in [0.2, 0.25) is 0 Å². The maximum Gasteiger partial charge on any atom is 0.258 e. The number of benzene rings is 1. The van der Waals surface area contributed by atoms with E-state index in [0.29, 0.717) is 18.0 Å². The van der Waals surface area contributed by atoms with Gasteiger partial charge < -0.3 is 20.1 Å². The number of carbonyl (C=O) groups is 1. The molecule has 0 saturated heterocycles. The first kappa shape index (κ1) is 14.8. The zero-order valence-corrected chi connectivity index (χ0v) is 11.0. The molecule has 0 fully saturated rings. The van der Waals surface area contributed by atoms with Crippen LogP contribution in [0.2, 0.25) is 0 Å². The van der Waals surface area contributed by atoms with Crippen molar-refractivity contribution in [1.29, 1.82) is 5.26 Å². The Balaban J connectivity index is 2.69. The first-order valence-electron chi connectivity index (χ1n) is 5.79. The van der Waals surface area contributed by atoms with Crippen molar-refractivity contribution in [2.24, 2.45) is 0 Å². The number of methoxy groups -OCH3 is 1. The lowest BCUT2D eigenvalue weighted by atomic mass is 10.2. The fraction of sp³-hybridized carbons (Fsp3) is 0.385. The number of nitriles is 1. The highest BCUT2D eigenvalue weighted by molar-refractivity contribution is 5.77. The van der Waals surface area contributed by atoms with Crippen molar-refractivity contribution in [2.75, 3.05) is 27.3 Å². The van der Waals surface area contributed by atoms with Crippen molar-refractivity contribution in [3.63, 3.8) is 0 Å². The maximum atomic E-state index is 11.4. The van der Waals surface area contributed by atoms with Gasteiger partial charge in [-0.15, -0.1) is 0 Å². The smallest absolute Gasteiger partial charge is 0.258 e. The molecule has 1 amide bonds. The summed E-state index contributed by atoms with van der Waals surface area (Å²) in [4.78, 5) is 11.4. The molecule has 0 bridgehead atoms.